The highest BCUT2D eigenvalue weighted by atomic mass is 32.1. The molecule has 9 nitrogen and oxygen atoms in total. The number of ether oxygens (including phenoxy) is 3. The Balaban J connectivity index is 0.00000103. The summed E-state index contributed by atoms with van der Waals surface area (Å²) in [4.78, 5) is 22.3. The van der Waals surface area contributed by atoms with Gasteiger partial charge in [0.1, 0.15) is 24.4 Å². The molecular weight excluding hydrogens is 460 g/mol. The second-order valence-electron chi connectivity index (χ2n) is 8.88. The maximum atomic E-state index is 13.0. The summed E-state index contributed by atoms with van der Waals surface area (Å²) < 4.78 is 23.4. The number of rotatable bonds is 10. The van der Waals surface area contributed by atoms with Crippen LogP contribution in [0.3, 0.4) is 0 Å². The van der Waals surface area contributed by atoms with Crippen molar-refractivity contribution in [1.82, 2.24) is 5.32 Å². The van der Waals surface area contributed by atoms with Gasteiger partial charge in [-0.3, -0.25) is 0 Å². The molecule has 3 fully saturated rings. The number of hydrogen-bond acceptors (Lipinski definition) is 8. The minimum Gasteiger partial charge on any atom is -0.554 e. The van der Waals surface area contributed by atoms with E-state index in [9.17, 15) is 4.79 Å². The molecule has 0 radical (unpaired) electrons. The van der Waals surface area contributed by atoms with Crippen LogP contribution in [-0.4, -0.2) is 76.3 Å². The largest absolute Gasteiger partial charge is 0.554 e. The van der Waals surface area contributed by atoms with Crippen LogP contribution in [0.4, 0.5) is 4.79 Å². The van der Waals surface area contributed by atoms with Gasteiger partial charge < -0.3 is 38.3 Å². The average Bonchev–Trinajstić information content (AvgIpc) is 3.55. The molecule has 0 saturated carbocycles. The van der Waals surface area contributed by atoms with Gasteiger partial charge in [0.2, 0.25) is 0 Å². The first kappa shape index (κ1) is 26.2. The monoisotopic (exact) mass is 494 g/mol. The van der Waals surface area contributed by atoms with Gasteiger partial charge >= 0.3 is 6.09 Å². The van der Waals surface area contributed by atoms with Crippen molar-refractivity contribution in [3.63, 3.8) is 0 Å². The molecule has 2 atom stereocenters. The predicted molar refractivity (Wildman–Crippen MR) is 124 cm³/mol. The predicted octanol–water partition coefficient (Wildman–Crippen LogP) is 1.97. The molecule has 1 N–H and O–H groups in total. The molecule has 2 aromatic rings. The Labute approximate surface area is 204 Å². The Morgan fingerprint density at radius 1 is 1.29 bits per heavy atom. The quantitative estimate of drug-likeness (QED) is 0.305. The molecule has 34 heavy (non-hydrogen) atoms. The number of furan rings is 1. The maximum absolute atomic E-state index is 13.0. The van der Waals surface area contributed by atoms with E-state index in [2.05, 4.69) is 5.32 Å². The van der Waals surface area contributed by atoms with Crippen molar-refractivity contribution in [3.8, 4) is 0 Å². The Morgan fingerprint density at radius 3 is 2.68 bits per heavy atom. The van der Waals surface area contributed by atoms with Crippen LogP contribution in [0, 0.1) is 5.92 Å². The van der Waals surface area contributed by atoms with Crippen LogP contribution < -0.4 is 10.4 Å². The number of carboxylic acid groups (broad SMARTS) is 1. The first-order valence-corrected chi connectivity index (χ1v) is 12.4. The van der Waals surface area contributed by atoms with Crippen molar-refractivity contribution in [2.24, 2.45) is 5.92 Å². The highest BCUT2D eigenvalue weighted by Gasteiger charge is 2.48. The highest BCUT2D eigenvalue weighted by molar-refractivity contribution is 7.10. The van der Waals surface area contributed by atoms with E-state index >= 15 is 0 Å². The second kappa shape index (κ2) is 12.3. The van der Waals surface area contributed by atoms with E-state index in [-0.39, 0.29) is 12.2 Å². The third kappa shape index (κ3) is 6.38. The number of nitrogens with zero attached hydrogens (tertiary/aromatic N) is 1. The molecule has 188 valence electrons. The van der Waals surface area contributed by atoms with Gasteiger partial charge in [-0.2, -0.15) is 0 Å². The molecule has 0 aliphatic carbocycles. The number of amides is 1. The Hall–Kier alpha value is -2.40. The summed E-state index contributed by atoms with van der Waals surface area (Å²) in [6, 6.07) is 7.71. The number of thiophene rings is 1. The van der Waals surface area contributed by atoms with Crippen LogP contribution in [0.2, 0.25) is 0 Å². The third-order valence-corrected chi connectivity index (χ3v) is 7.91. The highest BCUT2D eigenvalue weighted by Crippen LogP contribution is 2.36. The lowest BCUT2D eigenvalue weighted by molar-refractivity contribution is -0.946. The molecule has 10 heteroatoms. The van der Waals surface area contributed by atoms with Gasteiger partial charge in [0.05, 0.1) is 39.2 Å². The molecular formula is C24H34N2O7S. The number of nitrogens with one attached hydrogen (secondary N) is 1. The Morgan fingerprint density at radius 2 is 2.06 bits per heavy atom. The van der Waals surface area contributed by atoms with Crippen LogP contribution in [0.25, 0.3) is 0 Å². The Bertz CT molecular complexity index is 830. The van der Waals surface area contributed by atoms with Gasteiger partial charge in [0.25, 0.3) is 0 Å². The van der Waals surface area contributed by atoms with Gasteiger partial charge in [0.15, 0.2) is 6.10 Å². The second-order valence-corrected chi connectivity index (χ2v) is 9.83. The summed E-state index contributed by atoms with van der Waals surface area (Å²) in [6.07, 6.45) is 3.36. The summed E-state index contributed by atoms with van der Waals surface area (Å²) in [7, 11) is 1.68. The molecule has 3 aliphatic heterocycles. The summed E-state index contributed by atoms with van der Waals surface area (Å²) in [5.74, 6) is 1.13. The smallest absolute Gasteiger partial charge is 0.408 e. The summed E-state index contributed by atoms with van der Waals surface area (Å²) in [5, 5.41) is 13.3. The number of methoxy groups -OCH3 is 1. The zero-order chi connectivity index (χ0) is 24.4. The number of quaternary nitrogens is 1. The lowest BCUT2D eigenvalue weighted by atomic mass is 9.83. The Kier molecular flexibility index (Phi) is 9.52. The molecule has 3 saturated heterocycles. The normalized spacial score (nSPS) is 25.0. The number of hydrogen-bond donors (Lipinski definition) is 1. The van der Waals surface area contributed by atoms with Crippen LogP contribution >= 0.6 is 11.3 Å². The van der Waals surface area contributed by atoms with Gasteiger partial charge in [-0.1, -0.05) is 6.07 Å². The van der Waals surface area contributed by atoms with Crippen molar-refractivity contribution < 1.29 is 37.8 Å². The minimum absolute atomic E-state index is 0.0642. The van der Waals surface area contributed by atoms with Crippen molar-refractivity contribution in [1.29, 1.82) is 0 Å². The lowest BCUT2D eigenvalue weighted by Crippen LogP contribution is -2.65. The van der Waals surface area contributed by atoms with Crippen molar-refractivity contribution in [3.05, 3.63) is 46.5 Å². The van der Waals surface area contributed by atoms with Gasteiger partial charge in [-0.25, -0.2) is 4.79 Å². The fraction of sp³-hybridized carbons (Fsp3) is 0.583. The van der Waals surface area contributed by atoms with Crippen molar-refractivity contribution in [2.75, 3.05) is 53.1 Å². The first-order valence-electron chi connectivity index (χ1n) is 11.5. The van der Waals surface area contributed by atoms with E-state index in [1.807, 2.05) is 36.6 Å². The third-order valence-electron chi connectivity index (χ3n) is 6.82. The molecule has 2 bridgehead atoms. The van der Waals surface area contributed by atoms with Crippen LogP contribution in [0.15, 0.2) is 40.3 Å². The molecule has 0 spiro atoms. The van der Waals surface area contributed by atoms with Crippen molar-refractivity contribution >= 4 is 23.9 Å². The minimum atomic E-state index is -0.760. The summed E-state index contributed by atoms with van der Waals surface area (Å²) in [6.45, 7) is 7.50. The maximum Gasteiger partial charge on any atom is 0.408 e. The summed E-state index contributed by atoms with van der Waals surface area (Å²) >= 11 is 1.59. The summed E-state index contributed by atoms with van der Waals surface area (Å²) in [5.41, 5.74) is -0.760. The molecule has 2 aromatic heterocycles. The zero-order valence-corrected chi connectivity index (χ0v) is 20.6. The molecule has 5 heterocycles. The fourth-order valence-electron chi connectivity index (χ4n) is 4.91. The number of fused-ring (bicyclic) bond motifs is 3. The molecule has 5 rings (SSSR count). The number of carbonyl (C=O) groups is 2. The molecule has 1 amide bonds. The number of piperidine rings is 3. The van der Waals surface area contributed by atoms with E-state index in [1.54, 1.807) is 24.7 Å². The fourth-order valence-corrected chi connectivity index (χ4v) is 5.76. The number of carbonyl (C=O) groups excluding carboxylic acids is 2. The first-order chi connectivity index (χ1) is 16.5. The number of alkyl carbamates (subject to hydrolysis) is 1. The van der Waals surface area contributed by atoms with Gasteiger partial charge in [0, 0.05) is 37.2 Å². The van der Waals surface area contributed by atoms with Crippen molar-refractivity contribution in [2.45, 2.75) is 31.4 Å². The van der Waals surface area contributed by atoms with Crippen LogP contribution in [-0.2, 0) is 24.5 Å². The van der Waals surface area contributed by atoms with Gasteiger partial charge in [-0.15, -0.1) is 11.3 Å². The van der Waals surface area contributed by atoms with E-state index < -0.39 is 12.0 Å². The van der Waals surface area contributed by atoms with Crippen LogP contribution in [0.1, 0.15) is 30.4 Å². The zero-order valence-electron chi connectivity index (χ0n) is 19.8. The van der Waals surface area contributed by atoms with E-state index in [4.69, 9.17) is 28.5 Å². The molecule has 0 aromatic carbocycles. The van der Waals surface area contributed by atoms with E-state index in [0.717, 1.165) is 48.4 Å². The van der Waals surface area contributed by atoms with Gasteiger partial charge in [-0.05, 0) is 30.5 Å². The van der Waals surface area contributed by atoms with E-state index in [1.165, 1.54) is 0 Å². The molecule has 3 aliphatic rings. The standard InChI is InChI=1S/C23H32N2O5S.CH2O2/c1-23(20-5-3-12-29-20,21-6-4-16-31-21)24-22(26)30-19-17-25(9-7-18(19)8-10-25)11-13-28-15-14-27-2;2-1-3/h3-6,12,16,18-19H,7-11,13-15,17H2,1-2H3;1H,(H,2,3)/t18?,19-,23?,25?;/m0./s1. The molecule has 1 unspecified atom stereocenters. The van der Waals surface area contributed by atoms with Crippen LogP contribution in [0.5, 0.6) is 0 Å². The lowest BCUT2D eigenvalue weighted by Gasteiger charge is -2.52. The SMILES string of the molecule is COCCOCC[N+]12CCC(CC1)[C@@H](OC(=O)NC(C)(c1ccco1)c1cccs1)C2.O=C[O-]. The average molecular weight is 495 g/mol. The van der Waals surface area contributed by atoms with E-state index in [0.29, 0.717) is 31.5 Å². The topological polar surface area (TPSA) is 110 Å².